The van der Waals surface area contributed by atoms with Gasteiger partial charge in [-0.3, -0.25) is 10.5 Å². The highest BCUT2D eigenvalue weighted by Gasteiger charge is 1.93. The number of rotatable bonds is 2. The first-order valence-corrected chi connectivity index (χ1v) is 3.57. The molecule has 0 aliphatic rings. The van der Waals surface area contributed by atoms with Crippen molar-refractivity contribution in [3.63, 3.8) is 0 Å². The predicted octanol–water partition coefficient (Wildman–Crippen LogP) is -0.720. The lowest BCUT2D eigenvalue weighted by atomic mass is 10.7. The van der Waals surface area contributed by atoms with Gasteiger partial charge in [-0.05, 0) is 19.1 Å². The van der Waals surface area contributed by atoms with E-state index in [2.05, 4.69) is 37.9 Å². The maximum atomic E-state index is 5.12. The molecule has 6 nitrogen and oxygen atoms in total. The lowest BCUT2D eigenvalue weighted by molar-refractivity contribution is 1.02. The molecule has 0 fully saturated rings. The molecule has 0 saturated heterocycles. The summed E-state index contributed by atoms with van der Waals surface area (Å²) in [7, 11) is 0. The summed E-state index contributed by atoms with van der Waals surface area (Å²) in [6.07, 6.45) is 1.42. The van der Waals surface area contributed by atoms with Crippen LogP contribution in [0.15, 0.2) is 5.10 Å². The van der Waals surface area contributed by atoms with Crippen molar-refractivity contribution in [2.24, 2.45) is 10.8 Å². The van der Waals surface area contributed by atoms with E-state index in [9.17, 15) is 0 Å². The number of nitrogens with zero attached hydrogens (tertiary/aromatic N) is 3. The number of nitrogens with one attached hydrogen (secondary N) is 2. The zero-order valence-corrected chi connectivity index (χ0v) is 7.22. The zero-order valence-electron chi connectivity index (χ0n) is 6.40. The smallest absolute Gasteiger partial charge is 0.194 e. The number of nitrogens with two attached hydrogens (primary N) is 1. The van der Waals surface area contributed by atoms with Crippen molar-refractivity contribution in [3.8, 4) is 0 Å². The van der Waals surface area contributed by atoms with Gasteiger partial charge in [0.05, 0.1) is 6.21 Å². The molecular weight excluding hydrogens is 176 g/mol. The molecule has 0 radical (unpaired) electrons. The van der Waals surface area contributed by atoms with Crippen LogP contribution in [0.25, 0.3) is 0 Å². The lowest BCUT2D eigenvalue weighted by Crippen LogP contribution is -2.24. The van der Waals surface area contributed by atoms with Crippen LogP contribution in [0.4, 0.5) is 0 Å². The van der Waals surface area contributed by atoms with Crippen molar-refractivity contribution in [1.82, 2.24) is 20.6 Å². The summed E-state index contributed by atoms with van der Waals surface area (Å²) in [6, 6.07) is 0. The molecule has 0 saturated carbocycles. The van der Waals surface area contributed by atoms with Crippen LogP contribution in [0, 0.1) is 6.92 Å². The van der Waals surface area contributed by atoms with Crippen molar-refractivity contribution < 1.29 is 0 Å². The van der Waals surface area contributed by atoms with Crippen molar-refractivity contribution in [1.29, 1.82) is 0 Å². The van der Waals surface area contributed by atoms with Crippen LogP contribution in [-0.2, 0) is 0 Å². The van der Waals surface area contributed by atoms with Gasteiger partial charge in [0.25, 0.3) is 0 Å². The number of thiocarbonyl (C=S) groups is 1. The van der Waals surface area contributed by atoms with Gasteiger partial charge in [-0.1, -0.05) is 0 Å². The minimum Gasteiger partial charge on any atom is -0.375 e. The molecule has 1 aromatic heterocycles. The molecule has 1 rings (SSSR count). The van der Waals surface area contributed by atoms with Crippen LogP contribution >= 0.6 is 12.2 Å². The second-order valence-electron chi connectivity index (χ2n) is 2.01. The minimum absolute atomic E-state index is 0.110. The highest BCUT2D eigenvalue weighted by molar-refractivity contribution is 7.80. The van der Waals surface area contributed by atoms with E-state index in [1.54, 1.807) is 6.92 Å². The maximum Gasteiger partial charge on any atom is 0.194 e. The molecule has 1 heterocycles. The Labute approximate surface area is 74.3 Å². The Morgan fingerprint density at radius 3 is 3.08 bits per heavy atom. The van der Waals surface area contributed by atoms with Gasteiger partial charge in [-0.2, -0.15) is 10.2 Å². The fourth-order valence-corrected chi connectivity index (χ4v) is 0.624. The molecule has 0 spiro atoms. The number of hydrogen-bond donors (Lipinski definition) is 3. The van der Waals surface area contributed by atoms with Crippen molar-refractivity contribution in [2.75, 3.05) is 0 Å². The molecule has 7 heteroatoms. The highest BCUT2D eigenvalue weighted by atomic mass is 32.1. The Hall–Kier alpha value is -1.50. The van der Waals surface area contributed by atoms with Crippen LogP contribution in [0.5, 0.6) is 0 Å². The largest absolute Gasteiger partial charge is 0.375 e. The molecule has 0 aromatic carbocycles. The molecule has 0 aliphatic carbocycles. The van der Waals surface area contributed by atoms with Crippen molar-refractivity contribution >= 4 is 23.5 Å². The third kappa shape index (κ3) is 2.62. The molecule has 0 aliphatic heterocycles. The first kappa shape index (κ1) is 8.60. The van der Waals surface area contributed by atoms with Crippen LogP contribution in [0.1, 0.15) is 11.6 Å². The molecule has 0 bridgehead atoms. The minimum atomic E-state index is 0.110. The zero-order chi connectivity index (χ0) is 8.97. The normalized spacial score (nSPS) is 10.4. The first-order chi connectivity index (χ1) is 5.68. The average molecular weight is 184 g/mol. The summed E-state index contributed by atoms with van der Waals surface area (Å²) < 4.78 is 0. The quantitative estimate of drug-likeness (QED) is 0.320. The monoisotopic (exact) mass is 184 g/mol. The van der Waals surface area contributed by atoms with E-state index in [1.165, 1.54) is 6.21 Å². The van der Waals surface area contributed by atoms with Gasteiger partial charge < -0.3 is 5.73 Å². The Morgan fingerprint density at radius 2 is 2.58 bits per heavy atom. The predicted molar refractivity (Wildman–Crippen MR) is 48.6 cm³/mol. The molecule has 1 aromatic rings. The lowest BCUT2D eigenvalue weighted by Gasteiger charge is -1.90. The van der Waals surface area contributed by atoms with E-state index in [0.29, 0.717) is 5.82 Å². The first-order valence-electron chi connectivity index (χ1n) is 3.16. The number of aromatic amines is 1. The topological polar surface area (TPSA) is 92.0 Å². The number of aryl methyl sites for hydroxylation is 1. The Kier molecular flexibility index (Phi) is 2.70. The number of H-pyrrole nitrogens is 1. The molecule has 0 unspecified atom stereocenters. The Balaban J connectivity index is 2.52. The summed E-state index contributed by atoms with van der Waals surface area (Å²) in [4.78, 5) is 3.97. The van der Waals surface area contributed by atoms with E-state index in [0.717, 1.165) is 5.82 Å². The third-order valence-electron chi connectivity index (χ3n) is 0.969. The Morgan fingerprint density at radius 1 is 1.83 bits per heavy atom. The van der Waals surface area contributed by atoms with Crippen LogP contribution in [0.3, 0.4) is 0 Å². The number of hydrazone groups is 1. The van der Waals surface area contributed by atoms with E-state index in [1.807, 2.05) is 0 Å². The standard InChI is InChI=1S/C5H8N6S/c1-3-8-4(10-9-3)2-7-11-5(6)12/h2H,1H3,(H3,6,11,12)(H,8,9,10). The van der Waals surface area contributed by atoms with Crippen LogP contribution in [-0.4, -0.2) is 26.5 Å². The molecule has 12 heavy (non-hydrogen) atoms. The van der Waals surface area contributed by atoms with Gasteiger partial charge in [0.1, 0.15) is 5.82 Å². The SMILES string of the molecule is Cc1nc(C=NNC(N)=S)n[nH]1. The van der Waals surface area contributed by atoms with Crippen LogP contribution < -0.4 is 11.2 Å². The fraction of sp³-hybridized carbons (Fsp3) is 0.200. The van der Waals surface area contributed by atoms with Crippen LogP contribution in [0.2, 0.25) is 0 Å². The molecule has 4 N–H and O–H groups in total. The van der Waals surface area contributed by atoms with E-state index in [4.69, 9.17) is 5.73 Å². The summed E-state index contributed by atoms with van der Waals surface area (Å²) in [5.74, 6) is 1.21. The maximum absolute atomic E-state index is 5.12. The molecule has 64 valence electrons. The van der Waals surface area contributed by atoms with Gasteiger partial charge in [-0.15, -0.1) is 0 Å². The second kappa shape index (κ2) is 3.77. The molecule has 0 amide bonds. The second-order valence-corrected chi connectivity index (χ2v) is 2.45. The summed E-state index contributed by atoms with van der Waals surface area (Å²) in [5, 5.41) is 10.2. The van der Waals surface area contributed by atoms with E-state index in [-0.39, 0.29) is 5.11 Å². The summed E-state index contributed by atoms with van der Waals surface area (Å²) in [6.45, 7) is 1.80. The van der Waals surface area contributed by atoms with Gasteiger partial charge >= 0.3 is 0 Å². The highest BCUT2D eigenvalue weighted by Crippen LogP contribution is 1.84. The molecule has 0 atom stereocenters. The van der Waals surface area contributed by atoms with Gasteiger partial charge in [0.2, 0.25) is 0 Å². The summed E-state index contributed by atoms with van der Waals surface area (Å²) in [5.41, 5.74) is 7.51. The number of aromatic nitrogens is 3. The molecular formula is C5H8N6S. The van der Waals surface area contributed by atoms with Gasteiger partial charge in [0.15, 0.2) is 10.9 Å². The van der Waals surface area contributed by atoms with Crippen molar-refractivity contribution in [3.05, 3.63) is 11.6 Å². The average Bonchev–Trinajstić information content (AvgIpc) is 2.35. The van der Waals surface area contributed by atoms with Gasteiger partial charge in [-0.25, -0.2) is 4.98 Å². The third-order valence-corrected chi connectivity index (χ3v) is 1.06. The number of hydrogen-bond acceptors (Lipinski definition) is 4. The van der Waals surface area contributed by atoms with E-state index >= 15 is 0 Å². The van der Waals surface area contributed by atoms with E-state index < -0.39 is 0 Å². The van der Waals surface area contributed by atoms with Gasteiger partial charge in [0, 0.05) is 0 Å². The summed E-state index contributed by atoms with van der Waals surface area (Å²) >= 11 is 4.52. The fourth-order valence-electron chi connectivity index (χ4n) is 0.571. The Bertz CT molecular complexity index is 303. The van der Waals surface area contributed by atoms with Crippen molar-refractivity contribution in [2.45, 2.75) is 6.92 Å².